The number of methoxy groups -OCH3 is 1. The van der Waals surface area contributed by atoms with Gasteiger partial charge in [0.05, 0.1) is 13.2 Å². The Morgan fingerprint density at radius 1 is 1.00 bits per heavy atom. The first-order valence-electron chi connectivity index (χ1n) is 6.51. The molecule has 2 aromatic rings. The lowest BCUT2D eigenvalue weighted by atomic mass is 9.90. The van der Waals surface area contributed by atoms with Crippen LogP contribution in [0.4, 0.5) is 0 Å². The molecule has 1 N–H and O–H groups in total. The van der Waals surface area contributed by atoms with Gasteiger partial charge in [0.15, 0.2) is 0 Å². The Bertz CT molecular complexity index is 534. The molecule has 0 spiro atoms. The van der Waals surface area contributed by atoms with Crippen molar-refractivity contribution in [1.82, 2.24) is 0 Å². The number of benzene rings is 2. The molecule has 2 atom stereocenters. The van der Waals surface area contributed by atoms with Crippen LogP contribution in [-0.4, -0.2) is 12.2 Å². The zero-order chi connectivity index (χ0) is 13.8. The summed E-state index contributed by atoms with van der Waals surface area (Å²) in [5, 5.41) is 10.5. The molecule has 0 aliphatic heterocycles. The van der Waals surface area contributed by atoms with Gasteiger partial charge in [-0.25, -0.2) is 0 Å². The second-order valence-corrected chi connectivity index (χ2v) is 4.87. The Morgan fingerprint density at radius 3 is 2.26 bits per heavy atom. The quantitative estimate of drug-likeness (QED) is 0.900. The number of aryl methyl sites for hydroxylation is 1. The van der Waals surface area contributed by atoms with Crippen molar-refractivity contribution in [3.05, 3.63) is 65.2 Å². The van der Waals surface area contributed by atoms with Gasteiger partial charge in [0.1, 0.15) is 5.75 Å². The largest absolute Gasteiger partial charge is 0.496 e. The Balaban J connectivity index is 2.24. The van der Waals surface area contributed by atoms with Crippen LogP contribution in [0.15, 0.2) is 48.5 Å². The number of ether oxygens (including phenoxy) is 1. The molecule has 2 aromatic carbocycles. The van der Waals surface area contributed by atoms with Crippen LogP contribution in [0.5, 0.6) is 5.75 Å². The van der Waals surface area contributed by atoms with E-state index in [-0.39, 0.29) is 5.92 Å². The van der Waals surface area contributed by atoms with E-state index in [1.807, 2.05) is 62.4 Å². The van der Waals surface area contributed by atoms with E-state index in [9.17, 15) is 5.11 Å². The van der Waals surface area contributed by atoms with E-state index < -0.39 is 6.10 Å². The van der Waals surface area contributed by atoms with Gasteiger partial charge in [-0.3, -0.25) is 0 Å². The zero-order valence-electron chi connectivity index (χ0n) is 11.6. The van der Waals surface area contributed by atoms with Gasteiger partial charge in [-0.15, -0.1) is 0 Å². The molecule has 0 amide bonds. The first kappa shape index (κ1) is 13.6. The molecular weight excluding hydrogens is 236 g/mol. The summed E-state index contributed by atoms with van der Waals surface area (Å²) < 4.78 is 5.24. The Hall–Kier alpha value is -1.80. The SMILES string of the molecule is COc1ccc(C(O)C(C)c2ccccc2)cc1C. The maximum Gasteiger partial charge on any atom is 0.121 e. The van der Waals surface area contributed by atoms with Gasteiger partial charge in [-0.2, -0.15) is 0 Å². The van der Waals surface area contributed by atoms with E-state index in [0.717, 1.165) is 22.4 Å². The fourth-order valence-electron chi connectivity index (χ4n) is 2.31. The average molecular weight is 256 g/mol. The minimum absolute atomic E-state index is 0.0639. The molecule has 2 nitrogen and oxygen atoms in total. The van der Waals surface area contributed by atoms with Crippen molar-refractivity contribution in [2.45, 2.75) is 25.9 Å². The second kappa shape index (κ2) is 5.89. The number of aliphatic hydroxyl groups excluding tert-OH is 1. The highest BCUT2D eigenvalue weighted by atomic mass is 16.5. The number of hydrogen-bond acceptors (Lipinski definition) is 2. The van der Waals surface area contributed by atoms with Crippen LogP contribution in [0.2, 0.25) is 0 Å². The van der Waals surface area contributed by atoms with E-state index in [4.69, 9.17) is 4.74 Å². The molecular formula is C17H20O2. The summed E-state index contributed by atoms with van der Waals surface area (Å²) in [7, 11) is 1.66. The second-order valence-electron chi connectivity index (χ2n) is 4.87. The molecule has 100 valence electrons. The topological polar surface area (TPSA) is 29.5 Å². The Morgan fingerprint density at radius 2 is 1.68 bits per heavy atom. The average Bonchev–Trinajstić information content (AvgIpc) is 2.46. The third-order valence-electron chi connectivity index (χ3n) is 3.56. The lowest BCUT2D eigenvalue weighted by Crippen LogP contribution is -2.08. The van der Waals surface area contributed by atoms with E-state index in [2.05, 4.69) is 0 Å². The molecule has 0 fully saturated rings. The predicted octanol–water partition coefficient (Wildman–Crippen LogP) is 3.84. The highest BCUT2D eigenvalue weighted by Crippen LogP contribution is 2.32. The smallest absolute Gasteiger partial charge is 0.121 e. The van der Waals surface area contributed by atoms with Gasteiger partial charge in [0.25, 0.3) is 0 Å². The van der Waals surface area contributed by atoms with Gasteiger partial charge in [0, 0.05) is 5.92 Å². The molecule has 0 aliphatic rings. The molecule has 2 unspecified atom stereocenters. The highest BCUT2D eigenvalue weighted by Gasteiger charge is 2.18. The highest BCUT2D eigenvalue weighted by molar-refractivity contribution is 5.38. The van der Waals surface area contributed by atoms with Crippen molar-refractivity contribution >= 4 is 0 Å². The standard InChI is InChI=1S/C17H20O2/c1-12-11-15(9-10-16(12)19-3)17(18)13(2)14-7-5-4-6-8-14/h4-11,13,17-18H,1-3H3. The molecule has 0 aromatic heterocycles. The van der Waals surface area contributed by atoms with Crippen molar-refractivity contribution in [1.29, 1.82) is 0 Å². The minimum Gasteiger partial charge on any atom is -0.496 e. The summed E-state index contributed by atoms with van der Waals surface area (Å²) in [4.78, 5) is 0. The minimum atomic E-state index is -0.507. The lowest BCUT2D eigenvalue weighted by molar-refractivity contribution is 0.151. The van der Waals surface area contributed by atoms with E-state index >= 15 is 0 Å². The summed E-state index contributed by atoms with van der Waals surface area (Å²) in [5.74, 6) is 0.914. The summed E-state index contributed by atoms with van der Waals surface area (Å²) in [6, 6.07) is 15.9. The number of hydrogen-bond donors (Lipinski definition) is 1. The molecule has 0 bridgehead atoms. The van der Waals surface area contributed by atoms with Gasteiger partial charge in [-0.1, -0.05) is 43.3 Å². The number of aliphatic hydroxyl groups is 1. The van der Waals surface area contributed by atoms with Crippen molar-refractivity contribution in [3.8, 4) is 5.75 Å². The molecule has 0 radical (unpaired) electrons. The summed E-state index contributed by atoms with van der Waals surface area (Å²) in [6.45, 7) is 4.03. The van der Waals surface area contributed by atoms with Crippen LogP contribution in [0.25, 0.3) is 0 Å². The van der Waals surface area contributed by atoms with Crippen molar-refractivity contribution in [2.24, 2.45) is 0 Å². The monoisotopic (exact) mass is 256 g/mol. The van der Waals surface area contributed by atoms with E-state index in [1.165, 1.54) is 0 Å². The number of rotatable bonds is 4. The molecule has 0 heterocycles. The van der Waals surface area contributed by atoms with Crippen molar-refractivity contribution in [2.75, 3.05) is 7.11 Å². The Labute approximate surface area is 114 Å². The summed E-state index contributed by atoms with van der Waals surface area (Å²) >= 11 is 0. The molecule has 2 rings (SSSR count). The van der Waals surface area contributed by atoms with E-state index in [1.54, 1.807) is 7.11 Å². The van der Waals surface area contributed by atoms with Crippen LogP contribution in [0, 0.1) is 6.92 Å². The molecule has 2 heteroatoms. The van der Waals surface area contributed by atoms with Crippen molar-refractivity contribution in [3.63, 3.8) is 0 Å². The first-order valence-corrected chi connectivity index (χ1v) is 6.51. The molecule has 19 heavy (non-hydrogen) atoms. The van der Waals surface area contributed by atoms with Gasteiger partial charge in [0.2, 0.25) is 0 Å². The van der Waals surface area contributed by atoms with Gasteiger partial charge >= 0.3 is 0 Å². The molecule has 0 saturated heterocycles. The fraction of sp³-hybridized carbons (Fsp3) is 0.294. The van der Waals surface area contributed by atoms with Crippen LogP contribution in [0.1, 0.15) is 35.6 Å². The van der Waals surface area contributed by atoms with Crippen LogP contribution < -0.4 is 4.74 Å². The normalized spacial score (nSPS) is 13.9. The van der Waals surface area contributed by atoms with E-state index in [0.29, 0.717) is 0 Å². The van der Waals surface area contributed by atoms with Crippen molar-refractivity contribution < 1.29 is 9.84 Å². The maximum absolute atomic E-state index is 10.5. The zero-order valence-corrected chi connectivity index (χ0v) is 11.6. The van der Waals surface area contributed by atoms with Gasteiger partial charge in [-0.05, 0) is 35.7 Å². The lowest BCUT2D eigenvalue weighted by Gasteiger charge is -2.20. The fourth-order valence-corrected chi connectivity index (χ4v) is 2.31. The molecule has 0 aliphatic carbocycles. The van der Waals surface area contributed by atoms with Crippen LogP contribution in [0.3, 0.4) is 0 Å². The molecule has 0 saturated carbocycles. The maximum atomic E-state index is 10.5. The third-order valence-corrected chi connectivity index (χ3v) is 3.56. The predicted molar refractivity (Wildman–Crippen MR) is 77.5 cm³/mol. The summed E-state index contributed by atoms with van der Waals surface area (Å²) in [6.07, 6.45) is -0.507. The Kier molecular flexibility index (Phi) is 4.23. The van der Waals surface area contributed by atoms with Gasteiger partial charge < -0.3 is 9.84 Å². The van der Waals surface area contributed by atoms with Crippen LogP contribution >= 0.6 is 0 Å². The van der Waals surface area contributed by atoms with Crippen LogP contribution in [-0.2, 0) is 0 Å². The summed E-state index contributed by atoms with van der Waals surface area (Å²) in [5.41, 5.74) is 3.11. The third kappa shape index (κ3) is 2.96. The first-order chi connectivity index (χ1) is 9.13.